The van der Waals surface area contributed by atoms with Gasteiger partial charge in [0.25, 0.3) is 5.69 Å². The second kappa shape index (κ2) is 6.86. The van der Waals surface area contributed by atoms with Gasteiger partial charge in [-0.05, 0) is 56.5 Å². The number of nitro groups is 1. The van der Waals surface area contributed by atoms with Gasteiger partial charge in [-0.2, -0.15) is 0 Å². The number of nitro benzene ring substituents is 1. The van der Waals surface area contributed by atoms with Gasteiger partial charge in [0.2, 0.25) is 17.7 Å². The fraction of sp³-hybridized carbons (Fsp3) is 0.375. The van der Waals surface area contributed by atoms with Crippen molar-refractivity contribution in [2.24, 2.45) is 11.8 Å². The zero-order valence-electron chi connectivity index (χ0n) is 18.5. The molecule has 3 fully saturated rings. The molecule has 34 heavy (non-hydrogen) atoms. The number of amides is 3. The maximum Gasteiger partial charge on any atom is 0.289 e. The van der Waals surface area contributed by atoms with E-state index in [4.69, 9.17) is 11.6 Å². The van der Waals surface area contributed by atoms with Crippen molar-refractivity contribution in [3.8, 4) is 0 Å². The van der Waals surface area contributed by atoms with E-state index in [2.05, 4.69) is 10.2 Å². The third-order valence-electron chi connectivity index (χ3n) is 8.08. The molecule has 0 radical (unpaired) electrons. The molecule has 0 saturated carbocycles. The van der Waals surface area contributed by atoms with Crippen LogP contribution in [0.5, 0.6) is 0 Å². The number of hydrogen-bond acceptors (Lipinski definition) is 6. The number of anilines is 2. The summed E-state index contributed by atoms with van der Waals surface area (Å²) in [6.45, 7) is 4.51. The topological polar surface area (TPSA) is 113 Å². The predicted octanol–water partition coefficient (Wildman–Crippen LogP) is 3.30. The zero-order chi connectivity index (χ0) is 24.1. The van der Waals surface area contributed by atoms with Crippen LogP contribution in [0.3, 0.4) is 0 Å². The van der Waals surface area contributed by atoms with E-state index < -0.39 is 34.1 Å². The fourth-order valence-corrected chi connectivity index (χ4v) is 6.74. The normalized spacial score (nSPS) is 29.6. The zero-order valence-corrected chi connectivity index (χ0v) is 19.3. The number of aryl methyl sites for hydroxylation is 1. The van der Waals surface area contributed by atoms with Crippen molar-refractivity contribution in [2.45, 2.75) is 38.3 Å². The lowest BCUT2D eigenvalue weighted by Crippen LogP contribution is -2.54. The molecule has 0 bridgehead atoms. The van der Waals surface area contributed by atoms with Gasteiger partial charge >= 0.3 is 0 Å². The number of carbonyl (C=O) groups excluding carboxylic acids is 3. The van der Waals surface area contributed by atoms with Crippen LogP contribution in [0.25, 0.3) is 0 Å². The molecule has 6 rings (SSSR count). The molecule has 3 saturated heterocycles. The van der Waals surface area contributed by atoms with Gasteiger partial charge in [0, 0.05) is 23.4 Å². The van der Waals surface area contributed by atoms with E-state index in [1.54, 1.807) is 0 Å². The Morgan fingerprint density at radius 2 is 1.91 bits per heavy atom. The Morgan fingerprint density at radius 3 is 2.65 bits per heavy atom. The van der Waals surface area contributed by atoms with E-state index in [0.717, 1.165) is 34.1 Å². The van der Waals surface area contributed by atoms with E-state index in [1.807, 2.05) is 26.0 Å². The standard InChI is InChI=1S/C24H21ClN4O5/c1-11-5-7-14-20(12(11)2)26-23(32)24(14)19-18(16-4-3-9-27(16)24)21(30)28(22(19)31)13-6-8-15(25)17(10-13)29(33)34/h5-8,10,16,18-19H,3-4,9H2,1-2H3,(H,26,32)/t16-,18-,19-,24+/m1/s1. The summed E-state index contributed by atoms with van der Waals surface area (Å²) >= 11 is 5.95. The Morgan fingerprint density at radius 1 is 1.15 bits per heavy atom. The van der Waals surface area contributed by atoms with Crippen LogP contribution >= 0.6 is 11.6 Å². The molecule has 10 heteroatoms. The maximum atomic E-state index is 14.0. The van der Waals surface area contributed by atoms with E-state index in [9.17, 15) is 24.5 Å². The maximum absolute atomic E-state index is 14.0. The molecule has 2 aromatic carbocycles. The monoisotopic (exact) mass is 480 g/mol. The van der Waals surface area contributed by atoms with Gasteiger partial charge in [-0.15, -0.1) is 0 Å². The smallest absolute Gasteiger partial charge is 0.289 e. The predicted molar refractivity (Wildman–Crippen MR) is 124 cm³/mol. The quantitative estimate of drug-likeness (QED) is 0.401. The molecule has 1 N–H and O–H groups in total. The molecule has 3 amide bonds. The lowest BCUT2D eigenvalue weighted by atomic mass is 9.75. The highest BCUT2D eigenvalue weighted by Gasteiger charge is 2.74. The average Bonchev–Trinajstić information content (AvgIpc) is 3.50. The van der Waals surface area contributed by atoms with Crippen molar-refractivity contribution in [1.82, 2.24) is 4.90 Å². The lowest BCUT2D eigenvalue weighted by molar-refractivity contribution is -0.384. The van der Waals surface area contributed by atoms with Crippen molar-refractivity contribution in [2.75, 3.05) is 16.8 Å². The van der Waals surface area contributed by atoms with Gasteiger partial charge in [-0.1, -0.05) is 23.7 Å². The highest BCUT2D eigenvalue weighted by Crippen LogP contribution is 2.61. The summed E-state index contributed by atoms with van der Waals surface area (Å²) in [6, 6.07) is 7.46. The second-order valence-electron chi connectivity index (χ2n) is 9.46. The van der Waals surface area contributed by atoms with Crippen LogP contribution in [0, 0.1) is 35.8 Å². The first-order valence-corrected chi connectivity index (χ1v) is 11.6. The molecule has 0 unspecified atom stereocenters. The fourth-order valence-electron chi connectivity index (χ4n) is 6.55. The number of nitrogens with one attached hydrogen (secondary N) is 1. The summed E-state index contributed by atoms with van der Waals surface area (Å²) in [5.41, 5.74) is 1.82. The minimum atomic E-state index is -1.28. The Bertz CT molecular complexity index is 1340. The number of hydrogen-bond donors (Lipinski definition) is 1. The molecule has 0 aromatic heterocycles. The summed E-state index contributed by atoms with van der Waals surface area (Å²) in [6.07, 6.45) is 1.51. The van der Waals surface area contributed by atoms with Crippen LogP contribution in [-0.4, -0.2) is 40.1 Å². The molecule has 4 heterocycles. The van der Waals surface area contributed by atoms with Crippen LogP contribution in [-0.2, 0) is 19.9 Å². The van der Waals surface area contributed by atoms with Crippen molar-refractivity contribution in [3.63, 3.8) is 0 Å². The Kier molecular flexibility index (Phi) is 4.29. The third kappa shape index (κ3) is 2.35. The molecule has 4 atom stereocenters. The van der Waals surface area contributed by atoms with Crippen LogP contribution in [0.4, 0.5) is 17.1 Å². The Balaban J connectivity index is 1.54. The molecular weight excluding hydrogens is 460 g/mol. The van der Waals surface area contributed by atoms with E-state index >= 15 is 0 Å². The number of benzene rings is 2. The molecule has 9 nitrogen and oxygen atoms in total. The minimum absolute atomic E-state index is 0.0820. The summed E-state index contributed by atoms with van der Waals surface area (Å²) < 4.78 is 0. The van der Waals surface area contributed by atoms with Crippen molar-refractivity contribution < 1.29 is 19.3 Å². The van der Waals surface area contributed by atoms with Crippen LogP contribution in [0.2, 0.25) is 5.02 Å². The molecule has 174 valence electrons. The molecule has 4 aliphatic heterocycles. The summed E-state index contributed by atoms with van der Waals surface area (Å²) in [7, 11) is 0. The first-order chi connectivity index (χ1) is 16.2. The third-order valence-corrected chi connectivity index (χ3v) is 8.40. The van der Waals surface area contributed by atoms with Crippen molar-refractivity contribution in [3.05, 3.63) is 62.2 Å². The minimum Gasteiger partial charge on any atom is -0.324 e. The highest BCUT2D eigenvalue weighted by atomic mass is 35.5. The second-order valence-corrected chi connectivity index (χ2v) is 9.87. The molecular formula is C24H21ClN4O5. The number of nitrogens with zero attached hydrogens (tertiary/aromatic N) is 3. The van der Waals surface area contributed by atoms with E-state index in [1.165, 1.54) is 12.1 Å². The number of imide groups is 1. The van der Waals surface area contributed by atoms with Gasteiger partial charge < -0.3 is 5.32 Å². The average molecular weight is 481 g/mol. The number of fused-ring (bicyclic) bond motifs is 7. The summed E-state index contributed by atoms with van der Waals surface area (Å²) in [5, 5.41) is 14.3. The summed E-state index contributed by atoms with van der Waals surface area (Å²) in [4.78, 5) is 55.3. The first kappa shape index (κ1) is 21.2. The molecule has 4 aliphatic rings. The Labute approximate surface area is 199 Å². The van der Waals surface area contributed by atoms with Crippen molar-refractivity contribution >= 4 is 46.4 Å². The summed E-state index contributed by atoms with van der Waals surface area (Å²) in [5.74, 6) is -2.85. The van der Waals surface area contributed by atoms with Gasteiger partial charge in [-0.3, -0.25) is 29.4 Å². The van der Waals surface area contributed by atoms with Crippen LogP contribution < -0.4 is 10.2 Å². The lowest BCUT2D eigenvalue weighted by Gasteiger charge is -2.36. The van der Waals surface area contributed by atoms with E-state index in [-0.39, 0.29) is 28.3 Å². The highest BCUT2D eigenvalue weighted by molar-refractivity contribution is 6.33. The van der Waals surface area contributed by atoms with Gasteiger partial charge in [0.15, 0.2) is 0 Å². The van der Waals surface area contributed by atoms with Gasteiger partial charge in [0.05, 0.1) is 22.4 Å². The van der Waals surface area contributed by atoms with Crippen LogP contribution in [0.15, 0.2) is 30.3 Å². The molecule has 0 aliphatic carbocycles. The number of rotatable bonds is 2. The number of carbonyl (C=O) groups is 3. The van der Waals surface area contributed by atoms with Crippen LogP contribution in [0.1, 0.15) is 29.5 Å². The van der Waals surface area contributed by atoms with Gasteiger partial charge in [-0.25, -0.2) is 4.90 Å². The number of halogens is 1. The Hall–Kier alpha value is -3.30. The van der Waals surface area contributed by atoms with Crippen molar-refractivity contribution in [1.29, 1.82) is 0 Å². The largest absolute Gasteiger partial charge is 0.324 e. The molecule has 2 aromatic rings. The van der Waals surface area contributed by atoms with E-state index in [0.29, 0.717) is 18.7 Å². The SMILES string of the molecule is Cc1ccc2c(c1C)NC(=O)[C@@]21[C@H]2C(=O)N(c3ccc(Cl)c([N+](=O)[O-])c3)C(=O)[C@@H]2[C@H]2CCCN21. The molecule has 1 spiro atoms. The first-order valence-electron chi connectivity index (χ1n) is 11.2. The van der Waals surface area contributed by atoms with Gasteiger partial charge in [0.1, 0.15) is 10.6 Å².